The molecule has 2 rings (SSSR count). The SMILES string of the molecule is Brc1cccs1.O=[SH](=O)n1cccc1. The normalized spacial score (nSPS) is 9.57. The molecule has 0 aromatic carbocycles. The number of thiophene rings is 1. The van der Waals surface area contributed by atoms with Crippen molar-refractivity contribution in [3.8, 4) is 0 Å². The van der Waals surface area contributed by atoms with Crippen LogP contribution in [-0.2, 0) is 10.9 Å². The standard InChI is InChI=1S/C4H3BrS.C4H5NO2S/c5-4-2-1-3-6-4;6-8(7)5-3-1-2-4-5/h1-3H;1-4,8H. The Morgan fingerprint density at radius 3 is 2.07 bits per heavy atom. The zero-order chi connectivity index (χ0) is 10.4. The highest BCUT2D eigenvalue weighted by atomic mass is 79.9. The molecule has 0 saturated carbocycles. The number of hydrogen-bond donors (Lipinski definition) is 1. The Labute approximate surface area is 96.2 Å². The van der Waals surface area contributed by atoms with Gasteiger partial charge in [0.25, 0.3) is 0 Å². The molecule has 0 atom stereocenters. The Morgan fingerprint density at radius 1 is 1.21 bits per heavy atom. The van der Waals surface area contributed by atoms with Gasteiger partial charge in [0, 0.05) is 12.4 Å². The van der Waals surface area contributed by atoms with Gasteiger partial charge in [-0.05, 0) is 39.5 Å². The van der Waals surface area contributed by atoms with Crippen molar-refractivity contribution in [1.29, 1.82) is 0 Å². The van der Waals surface area contributed by atoms with Crippen LogP contribution in [0.15, 0.2) is 45.8 Å². The maximum atomic E-state index is 10.1. The summed E-state index contributed by atoms with van der Waals surface area (Å²) in [6, 6.07) is 7.34. The lowest BCUT2D eigenvalue weighted by Crippen LogP contribution is -1.88. The molecular formula is C8H8BrNO2S2. The van der Waals surface area contributed by atoms with Crippen LogP contribution in [0.1, 0.15) is 0 Å². The lowest BCUT2D eigenvalue weighted by atomic mass is 10.7. The topological polar surface area (TPSA) is 39.1 Å². The molecule has 0 N–H and O–H groups in total. The first-order valence-electron chi connectivity index (χ1n) is 3.67. The second kappa shape index (κ2) is 6.00. The summed E-state index contributed by atoms with van der Waals surface area (Å²) >= 11 is 4.99. The molecule has 0 aliphatic rings. The van der Waals surface area contributed by atoms with Crippen molar-refractivity contribution in [2.75, 3.05) is 0 Å². The molecule has 14 heavy (non-hydrogen) atoms. The van der Waals surface area contributed by atoms with E-state index in [9.17, 15) is 8.42 Å². The van der Waals surface area contributed by atoms with E-state index < -0.39 is 10.9 Å². The number of nitrogens with zero attached hydrogens (tertiary/aromatic N) is 1. The number of thiol groups is 1. The molecule has 0 bridgehead atoms. The largest absolute Gasteiger partial charge is 0.255 e. The highest BCUT2D eigenvalue weighted by molar-refractivity contribution is 9.11. The van der Waals surface area contributed by atoms with Crippen LogP contribution in [-0.4, -0.2) is 12.4 Å². The van der Waals surface area contributed by atoms with Crippen LogP contribution in [0.2, 0.25) is 0 Å². The maximum Gasteiger partial charge on any atom is 0.228 e. The van der Waals surface area contributed by atoms with Gasteiger partial charge in [-0.25, -0.2) is 8.42 Å². The molecule has 76 valence electrons. The predicted octanol–water partition coefficient (Wildman–Crippen LogP) is 2.37. The molecule has 6 heteroatoms. The lowest BCUT2D eigenvalue weighted by Gasteiger charge is -1.81. The highest BCUT2D eigenvalue weighted by Crippen LogP contribution is 2.14. The zero-order valence-corrected chi connectivity index (χ0v) is 10.3. The molecule has 0 aliphatic carbocycles. The average Bonchev–Trinajstić information content (AvgIpc) is 2.75. The second-order valence-corrected chi connectivity index (χ2v) is 5.48. The summed E-state index contributed by atoms with van der Waals surface area (Å²) < 4.78 is 22.4. The van der Waals surface area contributed by atoms with Crippen LogP contribution in [0.3, 0.4) is 0 Å². The van der Waals surface area contributed by atoms with Crippen LogP contribution in [0.4, 0.5) is 0 Å². The van der Waals surface area contributed by atoms with Crippen molar-refractivity contribution < 1.29 is 8.42 Å². The number of halogens is 1. The molecule has 2 aromatic heterocycles. The Kier molecular flexibility index (Phi) is 4.92. The van der Waals surface area contributed by atoms with Crippen molar-refractivity contribution in [2.24, 2.45) is 0 Å². The summed E-state index contributed by atoms with van der Waals surface area (Å²) in [6.07, 6.45) is 2.96. The van der Waals surface area contributed by atoms with Gasteiger partial charge in [-0.15, -0.1) is 11.3 Å². The molecule has 0 radical (unpaired) electrons. The van der Waals surface area contributed by atoms with Gasteiger partial charge in [0.2, 0.25) is 10.9 Å². The Bertz CT molecular complexity index is 412. The summed E-state index contributed by atoms with van der Waals surface area (Å²) in [4.78, 5) is 0. The monoisotopic (exact) mass is 293 g/mol. The van der Waals surface area contributed by atoms with E-state index in [1.807, 2.05) is 17.5 Å². The quantitative estimate of drug-likeness (QED) is 0.820. The van der Waals surface area contributed by atoms with E-state index in [4.69, 9.17) is 0 Å². The first-order valence-corrected chi connectivity index (χ1v) is 6.47. The summed E-state index contributed by atoms with van der Waals surface area (Å²) in [5, 5.41) is 2.03. The third-order valence-corrected chi connectivity index (χ3v) is 3.39. The molecule has 0 amide bonds. The summed E-state index contributed by atoms with van der Waals surface area (Å²) in [5.74, 6) is 0. The van der Waals surface area contributed by atoms with E-state index in [0.29, 0.717) is 0 Å². The van der Waals surface area contributed by atoms with E-state index >= 15 is 0 Å². The van der Waals surface area contributed by atoms with Gasteiger partial charge in [-0.1, -0.05) is 6.07 Å². The van der Waals surface area contributed by atoms with Crippen LogP contribution in [0.5, 0.6) is 0 Å². The Morgan fingerprint density at radius 2 is 1.86 bits per heavy atom. The summed E-state index contributed by atoms with van der Waals surface area (Å²) in [7, 11) is -2.44. The average molecular weight is 294 g/mol. The number of hydrogen-bond acceptors (Lipinski definition) is 3. The van der Waals surface area contributed by atoms with E-state index in [1.165, 1.54) is 16.2 Å². The van der Waals surface area contributed by atoms with E-state index in [1.54, 1.807) is 23.5 Å². The molecular weight excluding hydrogens is 286 g/mol. The van der Waals surface area contributed by atoms with Crippen LogP contribution in [0.25, 0.3) is 0 Å². The minimum Gasteiger partial charge on any atom is -0.255 e. The van der Waals surface area contributed by atoms with Crippen LogP contribution in [0, 0.1) is 0 Å². The van der Waals surface area contributed by atoms with E-state index in [0.717, 1.165) is 3.97 Å². The molecule has 0 unspecified atom stereocenters. The Hall–Kier alpha value is -0.590. The van der Waals surface area contributed by atoms with Gasteiger partial charge in [-0.2, -0.15) is 0 Å². The fourth-order valence-corrected chi connectivity index (χ4v) is 1.99. The van der Waals surface area contributed by atoms with E-state index in [-0.39, 0.29) is 0 Å². The van der Waals surface area contributed by atoms with Crippen molar-refractivity contribution in [1.82, 2.24) is 3.97 Å². The Balaban J connectivity index is 0.000000146. The summed E-state index contributed by atoms with van der Waals surface area (Å²) in [6.45, 7) is 0. The van der Waals surface area contributed by atoms with Crippen molar-refractivity contribution in [2.45, 2.75) is 0 Å². The van der Waals surface area contributed by atoms with Crippen molar-refractivity contribution in [3.63, 3.8) is 0 Å². The van der Waals surface area contributed by atoms with Gasteiger partial charge in [-0.3, -0.25) is 3.97 Å². The zero-order valence-electron chi connectivity index (χ0n) is 7.04. The predicted molar refractivity (Wildman–Crippen MR) is 62.2 cm³/mol. The fraction of sp³-hybridized carbons (Fsp3) is 0. The molecule has 3 nitrogen and oxygen atoms in total. The molecule has 2 aromatic rings. The highest BCUT2D eigenvalue weighted by Gasteiger charge is 1.82. The first-order chi connectivity index (χ1) is 6.70. The van der Waals surface area contributed by atoms with Crippen molar-refractivity contribution in [3.05, 3.63) is 45.8 Å². The third-order valence-electron chi connectivity index (χ3n) is 1.26. The minimum absolute atomic E-state index is 1.12. The van der Waals surface area contributed by atoms with Gasteiger partial charge < -0.3 is 0 Å². The molecule has 2 heterocycles. The molecule has 0 fully saturated rings. The second-order valence-electron chi connectivity index (χ2n) is 2.22. The molecule has 0 saturated heterocycles. The number of rotatable bonds is 1. The van der Waals surface area contributed by atoms with Gasteiger partial charge in [0.15, 0.2) is 0 Å². The van der Waals surface area contributed by atoms with Crippen LogP contribution < -0.4 is 0 Å². The maximum absolute atomic E-state index is 10.1. The van der Waals surface area contributed by atoms with Gasteiger partial charge in [0.05, 0.1) is 3.79 Å². The van der Waals surface area contributed by atoms with Gasteiger partial charge in [0.1, 0.15) is 0 Å². The lowest BCUT2D eigenvalue weighted by molar-refractivity contribution is 0.607. The van der Waals surface area contributed by atoms with Gasteiger partial charge >= 0.3 is 0 Å². The smallest absolute Gasteiger partial charge is 0.228 e. The summed E-state index contributed by atoms with van der Waals surface area (Å²) in [5.41, 5.74) is 0. The number of aromatic nitrogens is 1. The minimum atomic E-state index is -2.44. The molecule has 0 spiro atoms. The van der Waals surface area contributed by atoms with Crippen LogP contribution >= 0.6 is 27.3 Å². The van der Waals surface area contributed by atoms with E-state index in [2.05, 4.69) is 15.9 Å². The van der Waals surface area contributed by atoms with Crippen molar-refractivity contribution >= 4 is 38.2 Å². The molecule has 0 aliphatic heterocycles. The fourth-order valence-electron chi connectivity index (χ4n) is 0.693. The third kappa shape index (κ3) is 4.08. The first kappa shape index (κ1) is 11.5.